The molecule has 1 heterocycles. The normalized spacial score (nSPS) is 27.6. The van der Waals surface area contributed by atoms with Gasteiger partial charge in [0.2, 0.25) is 0 Å². The molecule has 3 N–H and O–H groups in total. The van der Waals surface area contributed by atoms with Crippen molar-refractivity contribution < 1.29 is 25.0 Å². The highest BCUT2D eigenvalue weighted by Gasteiger charge is 2.45. The number of benzene rings is 1. The lowest BCUT2D eigenvalue weighted by Gasteiger charge is -2.22. The molecule has 2 rings (SSSR count). The molecular weight excluding hydrogens is 250 g/mol. The molecule has 6 nitrogen and oxygen atoms in total. The standard InChI is InChI=1S/C13H17NO5/c15-7-10-11(16)6-14(12(10)13(17)18)19-8-9-4-2-1-3-5-9/h1-5,10-12,15-16H,6-8H2,(H,17,18)/t10-,11+,12?/m1/s1. The number of β-amino-alcohol motifs (C(OH)–C–C–N with tert-alkyl or cyclic N) is 1. The Morgan fingerprint density at radius 2 is 2.05 bits per heavy atom. The van der Waals surface area contributed by atoms with Crippen molar-refractivity contribution in [2.75, 3.05) is 13.2 Å². The second-order valence-electron chi connectivity index (χ2n) is 4.56. The first kappa shape index (κ1) is 14.0. The smallest absolute Gasteiger partial charge is 0.323 e. The van der Waals surface area contributed by atoms with Crippen LogP contribution in [0.2, 0.25) is 0 Å². The number of hydrogen-bond donors (Lipinski definition) is 3. The van der Waals surface area contributed by atoms with E-state index in [0.29, 0.717) is 0 Å². The van der Waals surface area contributed by atoms with Crippen LogP contribution in [0.4, 0.5) is 0 Å². The zero-order valence-electron chi connectivity index (χ0n) is 10.3. The number of nitrogens with zero attached hydrogens (tertiary/aromatic N) is 1. The summed E-state index contributed by atoms with van der Waals surface area (Å²) in [7, 11) is 0. The summed E-state index contributed by atoms with van der Waals surface area (Å²) >= 11 is 0. The van der Waals surface area contributed by atoms with Crippen molar-refractivity contribution in [1.82, 2.24) is 5.06 Å². The summed E-state index contributed by atoms with van der Waals surface area (Å²) in [5.41, 5.74) is 0.911. The van der Waals surface area contributed by atoms with Gasteiger partial charge in [-0.15, -0.1) is 0 Å². The van der Waals surface area contributed by atoms with Gasteiger partial charge in [-0.3, -0.25) is 9.63 Å². The third-order valence-corrected chi connectivity index (χ3v) is 3.28. The summed E-state index contributed by atoms with van der Waals surface area (Å²) in [6, 6.07) is 8.32. The van der Waals surface area contributed by atoms with E-state index in [1.165, 1.54) is 5.06 Å². The molecule has 0 spiro atoms. The Hall–Kier alpha value is -1.47. The van der Waals surface area contributed by atoms with Crippen molar-refractivity contribution >= 4 is 5.97 Å². The number of aliphatic hydroxyl groups is 2. The number of carboxylic acid groups (broad SMARTS) is 1. The van der Waals surface area contributed by atoms with Crippen molar-refractivity contribution in [2.45, 2.75) is 18.8 Å². The van der Waals surface area contributed by atoms with Crippen molar-refractivity contribution in [3.05, 3.63) is 35.9 Å². The minimum absolute atomic E-state index is 0.0784. The SMILES string of the molecule is O=C(O)C1[C@H](CO)[C@@H](O)CN1OCc1ccccc1. The highest BCUT2D eigenvalue weighted by atomic mass is 16.7. The molecule has 1 aliphatic rings. The summed E-state index contributed by atoms with van der Waals surface area (Å²) in [5.74, 6) is -1.84. The van der Waals surface area contributed by atoms with Crippen LogP contribution in [0.25, 0.3) is 0 Å². The van der Waals surface area contributed by atoms with Gasteiger partial charge < -0.3 is 15.3 Å². The Bertz CT molecular complexity index is 424. The Morgan fingerprint density at radius 3 is 2.63 bits per heavy atom. The summed E-state index contributed by atoms with van der Waals surface area (Å²) in [5, 5.41) is 29.3. The summed E-state index contributed by atoms with van der Waals surface area (Å²) in [6.45, 7) is -0.0755. The van der Waals surface area contributed by atoms with E-state index in [-0.39, 0.29) is 19.8 Å². The van der Waals surface area contributed by atoms with Crippen LogP contribution in [-0.4, -0.2) is 51.6 Å². The molecule has 0 aliphatic carbocycles. The van der Waals surface area contributed by atoms with Crippen LogP contribution in [0.1, 0.15) is 5.56 Å². The van der Waals surface area contributed by atoms with E-state index in [9.17, 15) is 9.90 Å². The molecule has 1 aliphatic heterocycles. The van der Waals surface area contributed by atoms with E-state index < -0.39 is 24.0 Å². The molecule has 0 amide bonds. The van der Waals surface area contributed by atoms with Crippen LogP contribution in [0.15, 0.2) is 30.3 Å². The third-order valence-electron chi connectivity index (χ3n) is 3.28. The van der Waals surface area contributed by atoms with Crippen LogP contribution >= 0.6 is 0 Å². The fraction of sp³-hybridized carbons (Fsp3) is 0.462. The topological polar surface area (TPSA) is 90.2 Å². The Labute approximate surface area is 110 Å². The predicted octanol–water partition coefficient (Wildman–Crippen LogP) is -0.144. The van der Waals surface area contributed by atoms with Crippen molar-refractivity contribution in [3.8, 4) is 0 Å². The van der Waals surface area contributed by atoms with Gasteiger partial charge in [0.25, 0.3) is 0 Å². The molecule has 0 saturated carbocycles. The van der Waals surface area contributed by atoms with E-state index >= 15 is 0 Å². The fourth-order valence-electron chi connectivity index (χ4n) is 2.25. The molecular formula is C13H17NO5. The maximum Gasteiger partial charge on any atom is 0.323 e. The lowest BCUT2D eigenvalue weighted by atomic mass is 10.00. The molecule has 1 aromatic carbocycles. The lowest BCUT2D eigenvalue weighted by molar-refractivity contribution is -0.197. The van der Waals surface area contributed by atoms with Crippen LogP contribution < -0.4 is 0 Å². The Balaban J connectivity index is 2.01. The van der Waals surface area contributed by atoms with E-state index in [1.807, 2.05) is 30.3 Å². The molecule has 0 bridgehead atoms. The largest absolute Gasteiger partial charge is 0.480 e. The van der Waals surface area contributed by atoms with E-state index in [0.717, 1.165) is 5.56 Å². The average Bonchev–Trinajstić information content (AvgIpc) is 2.73. The molecule has 1 aromatic rings. The van der Waals surface area contributed by atoms with Gasteiger partial charge >= 0.3 is 5.97 Å². The summed E-state index contributed by atoms with van der Waals surface area (Å²) in [4.78, 5) is 16.6. The second-order valence-corrected chi connectivity index (χ2v) is 4.56. The minimum Gasteiger partial charge on any atom is -0.480 e. The molecule has 1 saturated heterocycles. The van der Waals surface area contributed by atoms with E-state index in [1.54, 1.807) is 0 Å². The van der Waals surface area contributed by atoms with Gasteiger partial charge in [-0.1, -0.05) is 30.3 Å². The molecule has 6 heteroatoms. The number of hydroxylamine groups is 2. The molecule has 1 fully saturated rings. The third kappa shape index (κ3) is 3.10. The number of hydrogen-bond acceptors (Lipinski definition) is 5. The minimum atomic E-state index is -1.11. The lowest BCUT2D eigenvalue weighted by Crippen LogP contribution is -2.41. The number of rotatable bonds is 5. The maximum absolute atomic E-state index is 11.2. The van der Waals surface area contributed by atoms with Crippen molar-refractivity contribution in [1.29, 1.82) is 0 Å². The predicted molar refractivity (Wildman–Crippen MR) is 65.9 cm³/mol. The monoisotopic (exact) mass is 267 g/mol. The summed E-state index contributed by atoms with van der Waals surface area (Å²) < 4.78 is 0. The van der Waals surface area contributed by atoms with Crippen molar-refractivity contribution in [3.63, 3.8) is 0 Å². The van der Waals surface area contributed by atoms with Crippen LogP contribution in [0, 0.1) is 5.92 Å². The highest BCUT2D eigenvalue weighted by Crippen LogP contribution is 2.25. The molecule has 0 radical (unpaired) electrons. The van der Waals surface area contributed by atoms with Gasteiger partial charge in [0.1, 0.15) is 6.04 Å². The van der Waals surface area contributed by atoms with Crippen LogP contribution in [0.3, 0.4) is 0 Å². The average molecular weight is 267 g/mol. The van der Waals surface area contributed by atoms with Gasteiger partial charge in [0.15, 0.2) is 0 Å². The van der Waals surface area contributed by atoms with Crippen LogP contribution in [-0.2, 0) is 16.2 Å². The summed E-state index contributed by atoms with van der Waals surface area (Å²) in [6.07, 6.45) is -0.901. The van der Waals surface area contributed by atoms with Crippen molar-refractivity contribution in [2.24, 2.45) is 5.92 Å². The first-order chi connectivity index (χ1) is 9.13. The molecule has 0 aromatic heterocycles. The molecule has 19 heavy (non-hydrogen) atoms. The number of aliphatic carboxylic acids is 1. The van der Waals surface area contributed by atoms with Gasteiger partial charge in [-0.2, -0.15) is 5.06 Å². The van der Waals surface area contributed by atoms with E-state index in [4.69, 9.17) is 15.1 Å². The second kappa shape index (κ2) is 6.12. The zero-order valence-corrected chi connectivity index (χ0v) is 10.3. The van der Waals surface area contributed by atoms with Gasteiger partial charge in [-0.25, -0.2) is 0 Å². The molecule has 104 valence electrons. The molecule has 3 atom stereocenters. The van der Waals surface area contributed by atoms with Gasteiger partial charge in [-0.05, 0) is 5.56 Å². The number of aliphatic hydroxyl groups excluding tert-OH is 2. The van der Waals surface area contributed by atoms with Crippen LogP contribution in [0.5, 0.6) is 0 Å². The number of carbonyl (C=O) groups is 1. The van der Waals surface area contributed by atoms with E-state index in [2.05, 4.69) is 0 Å². The Kier molecular flexibility index (Phi) is 4.49. The highest BCUT2D eigenvalue weighted by molar-refractivity contribution is 5.74. The first-order valence-corrected chi connectivity index (χ1v) is 6.08. The maximum atomic E-state index is 11.2. The quantitative estimate of drug-likeness (QED) is 0.688. The van der Waals surface area contributed by atoms with Gasteiger partial charge in [0, 0.05) is 5.92 Å². The fourth-order valence-corrected chi connectivity index (χ4v) is 2.25. The van der Waals surface area contributed by atoms with Gasteiger partial charge in [0.05, 0.1) is 25.9 Å². The Morgan fingerprint density at radius 1 is 1.37 bits per heavy atom. The zero-order chi connectivity index (χ0) is 13.8. The number of carboxylic acids is 1. The first-order valence-electron chi connectivity index (χ1n) is 6.08. The molecule has 1 unspecified atom stereocenters.